The van der Waals surface area contributed by atoms with Gasteiger partial charge in [-0.25, -0.2) is 0 Å². The normalized spacial score (nSPS) is 16.4. The molecule has 0 aromatic heterocycles. The van der Waals surface area contributed by atoms with Gasteiger partial charge in [0.25, 0.3) is 0 Å². The van der Waals surface area contributed by atoms with Gasteiger partial charge in [0.15, 0.2) is 10.9 Å². The molecular formula is C25H30N2O2S. The number of benzene rings is 2. The van der Waals surface area contributed by atoms with E-state index >= 15 is 0 Å². The second-order valence-electron chi connectivity index (χ2n) is 7.45. The third kappa shape index (κ3) is 4.90. The summed E-state index contributed by atoms with van der Waals surface area (Å²) >= 11 is 5.59. The Bertz CT molecular complexity index is 907. The van der Waals surface area contributed by atoms with Crippen LogP contribution in [0.5, 0.6) is 5.75 Å². The Morgan fingerprint density at radius 2 is 1.77 bits per heavy atom. The van der Waals surface area contributed by atoms with Crippen molar-refractivity contribution in [3.05, 3.63) is 77.0 Å². The molecule has 1 aliphatic rings. The first-order valence-electron chi connectivity index (χ1n) is 10.7. The minimum atomic E-state index is -0.290. The molecule has 3 rings (SSSR count). The number of carbonyl (C=O) groups is 1. The van der Waals surface area contributed by atoms with Gasteiger partial charge >= 0.3 is 0 Å². The van der Waals surface area contributed by atoms with Crippen LogP contribution in [-0.2, 0) is 0 Å². The molecule has 0 amide bonds. The van der Waals surface area contributed by atoms with Crippen molar-refractivity contribution in [3.8, 4) is 5.75 Å². The van der Waals surface area contributed by atoms with E-state index < -0.39 is 0 Å². The number of rotatable bonds is 9. The van der Waals surface area contributed by atoms with Gasteiger partial charge in [0.2, 0.25) is 0 Å². The largest absolute Gasteiger partial charge is 0.494 e. The number of nitrogens with zero attached hydrogens (tertiary/aromatic N) is 1. The van der Waals surface area contributed by atoms with Gasteiger partial charge in [0.05, 0.1) is 12.6 Å². The summed E-state index contributed by atoms with van der Waals surface area (Å²) in [6.07, 6.45) is 3.40. The van der Waals surface area contributed by atoms with Gasteiger partial charge in [-0.05, 0) is 50.2 Å². The zero-order valence-electron chi connectivity index (χ0n) is 18.0. The molecule has 1 atom stereocenters. The van der Waals surface area contributed by atoms with Crippen LogP contribution in [0.15, 0.2) is 65.9 Å². The van der Waals surface area contributed by atoms with Crippen LogP contribution in [0, 0.1) is 0 Å². The maximum Gasteiger partial charge on any atom is 0.193 e. The van der Waals surface area contributed by atoms with Crippen LogP contribution in [0.25, 0.3) is 0 Å². The average molecular weight is 423 g/mol. The number of thiocarbonyl (C=S) groups is 1. The minimum Gasteiger partial charge on any atom is -0.494 e. The summed E-state index contributed by atoms with van der Waals surface area (Å²) in [6.45, 7) is 7.62. The minimum absolute atomic E-state index is 0.0199. The molecule has 0 radical (unpaired) electrons. The summed E-state index contributed by atoms with van der Waals surface area (Å²) < 4.78 is 5.84. The highest BCUT2D eigenvalue weighted by molar-refractivity contribution is 7.80. The van der Waals surface area contributed by atoms with E-state index in [0.29, 0.717) is 17.2 Å². The van der Waals surface area contributed by atoms with Crippen molar-refractivity contribution in [1.29, 1.82) is 0 Å². The summed E-state index contributed by atoms with van der Waals surface area (Å²) in [6, 6.07) is 17.1. The molecule has 0 bridgehead atoms. The van der Waals surface area contributed by atoms with Crippen molar-refractivity contribution in [2.75, 3.05) is 13.2 Å². The number of ether oxygens (including phenoxy) is 1. The lowest BCUT2D eigenvalue weighted by Crippen LogP contribution is -2.47. The van der Waals surface area contributed by atoms with Gasteiger partial charge in [0.1, 0.15) is 5.75 Å². The van der Waals surface area contributed by atoms with Crippen LogP contribution >= 0.6 is 12.2 Å². The second-order valence-corrected chi connectivity index (χ2v) is 7.83. The Hall–Kier alpha value is -2.66. The third-order valence-corrected chi connectivity index (χ3v) is 5.76. The smallest absolute Gasteiger partial charge is 0.193 e. The fourth-order valence-electron chi connectivity index (χ4n) is 3.75. The Labute approximate surface area is 184 Å². The average Bonchev–Trinajstić information content (AvgIpc) is 2.77. The SMILES string of the molecule is CCCCCOc1ccc(C2NC(=S)N(CC)C(C)=C2C(=O)c2ccccc2)cc1. The van der Waals surface area contributed by atoms with Gasteiger partial charge in [-0.2, -0.15) is 0 Å². The lowest BCUT2D eigenvalue weighted by atomic mass is 9.89. The van der Waals surface area contributed by atoms with E-state index in [4.69, 9.17) is 17.0 Å². The molecule has 2 aromatic carbocycles. The van der Waals surface area contributed by atoms with Gasteiger partial charge in [0, 0.05) is 23.4 Å². The first kappa shape index (κ1) is 22.0. The molecule has 0 saturated heterocycles. The number of hydrogen-bond donors (Lipinski definition) is 1. The molecule has 30 heavy (non-hydrogen) atoms. The first-order valence-corrected chi connectivity index (χ1v) is 11.1. The standard InChI is InChI=1S/C25H30N2O2S/c1-4-6-10-17-29-21-15-13-19(14-16-21)23-22(18(3)27(5-2)25(30)26-23)24(28)20-11-8-7-9-12-20/h7-9,11-16,23H,4-6,10,17H2,1-3H3,(H,26,30). The molecule has 5 heteroatoms. The molecule has 158 valence electrons. The zero-order valence-corrected chi connectivity index (χ0v) is 18.8. The molecular weight excluding hydrogens is 392 g/mol. The Kier molecular flexibility index (Phi) is 7.63. The van der Waals surface area contributed by atoms with E-state index in [-0.39, 0.29) is 11.8 Å². The van der Waals surface area contributed by atoms with E-state index in [1.54, 1.807) is 0 Å². The van der Waals surface area contributed by atoms with E-state index in [2.05, 4.69) is 12.2 Å². The Morgan fingerprint density at radius 3 is 2.40 bits per heavy atom. The predicted molar refractivity (Wildman–Crippen MR) is 126 cm³/mol. The molecule has 1 aliphatic heterocycles. The molecule has 1 N–H and O–H groups in total. The molecule has 1 unspecified atom stereocenters. The van der Waals surface area contributed by atoms with E-state index in [1.165, 1.54) is 12.8 Å². The maximum absolute atomic E-state index is 13.4. The number of allylic oxidation sites excluding steroid dienone is 1. The maximum atomic E-state index is 13.4. The van der Waals surface area contributed by atoms with E-state index in [9.17, 15) is 4.79 Å². The Morgan fingerprint density at radius 1 is 1.07 bits per heavy atom. The van der Waals surface area contributed by atoms with Crippen LogP contribution < -0.4 is 10.1 Å². The summed E-state index contributed by atoms with van der Waals surface area (Å²) in [5.74, 6) is 0.867. The number of carbonyl (C=O) groups excluding carboxylic acids is 1. The molecule has 0 fully saturated rings. The van der Waals surface area contributed by atoms with Crippen LogP contribution in [0.3, 0.4) is 0 Å². The van der Waals surface area contributed by atoms with Gasteiger partial charge in [-0.15, -0.1) is 0 Å². The Balaban J connectivity index is 1.90. The van der Waals surface area contributed by atoms with Crippen LogP contribution in [0.1, 0.15) is 62.0 Å². The monoisotopic (exact) mass is 422 g/mol. The number of unbranched alkanes of at least 4 members (excludes halogenated alkanes) is 2. The number of hydrogen-bond acceptors (Lipinski definition) is 3. The summed E-state index contributed by atoms with van der Waals surface area (Å²) in [7, 11) is 0. The van der Waals surface area contributed by atoms with E-state index in [0.717, 1.165) is 35.6 Å². The van der Waals surface area contributed by atoms with Crippen molar-refractivity contribution in [2.45, 2.75) is 46.1 Å². The van der Waals surface area contributed by atoms with Crippen molar-refractivity contribution in [2.24, 2.45) is 0 Å². The van der Waals surface area contributed by atoms with Crippen molar-refractivity contribution in [3.63, 3.8) is 0 Å². The van der Waals surface area contributed by atoms with Crippen LogP contribution in [0.2, 0.25) is 0 Å². The fraction of sp³-hybridized carbons (Fsp3) is 0.360. The molecule has 0 spiro atoms. The summed E-state index contributed by atoms with van der Waals surface area (Å²) in [4.78, 5) is 15.4. The molecule has 0 saturated carbocycles. The van der Waals surface area contributed by atoms with Gasteiger partial charge in [-0.1, -0.05) is 62.2 Å². The predicted octanol–water partition coefficient (Wildman–Crippen LogP) is 5.66. The number of Topliss-reactive ketones (excluding diaryl/α,β-unsaturated/α-hetero) is 1. The molecule has 2 aromatic rings. The highest BCUT2D eigenvalue weighted by atomic mass is 32.1. The van der Waals surface area contributed by atoms with Crippen LogP contribution in [-0.4, -0.2) is 28.9 Å². The van der Waals surface area contributed by atoms with E-state index in [1.807, 2.05) is 73.3 Å². The van der Waals surface area contributed by atoms with Crippen LogP contribution in [0.4, 0.5) is 0 Å². The van der Waals surface area contributed by atoms with Crippen molar-refractivity contribution in [1.82, 2.24) is 10.2 Å². The highest BCUT2D eigenvalue weighted by Gasteiger charge is 2.33. The topological polar surface area (TPSA) is 41.6 Å². The van der Waals surface area contributed by atoms with Crippen molar-refractivity contribution >= 4 is 23.1 Å². The van der Waals surface area contributed by atoms with Gasteiger partial charge < -0.3 is 15.0 Å². The quantitative estimate of drug-likeness (QED) is 0.321. The lowest BCUT2D eigenvalue weighted by Gasteiger charge is -2.37. The number of nitrogens with one attached hydrogen (secondary N) is 1. The second kappa shape index (κ2) is 10.4. The summed E-state index contributed by atoms with van der Waals surface area (Å²) in [5.41, 5.74) is 3.30. The summed E-state index contributed by atoms with van der Waals surface area (Å²) in [5, 5.41) is 4.03. The fourth-order valence-corrected chi connectivity index (χ4v) is 4.13. The molecule has 1 heterocycles. The highest BCUT2D eigenvalue weighted by Crippen LogP contribution is 2.33. The zero-order chi connectivity index (χ0) is 21.5. The first-order chi connectivity index (χ1) is 14.6. The molecule has 0 aliphatic carbocycles. The lowest BCUT2D eigenvalue weighted by molar-refractivity contribution is 0.102. The third-order valence-electron chi connectivity index (χ3n) is 5.42. The van der Waals surface area contributed by atoms with Crippen molar-refractivity contribution < 1.29 is 9.53 Å². The molecule has 4 nitrogen and oxygen atoms in total. The van der Waals surface area contributed by atoms with Gasteiger partial charge in [-0.3, -0.25) is 4.79 Å². The number of ketones is 1.